The van der Waals surface area contributed by atoms with Crippen molar-refractivity contribution in [3.8, 4) is 0 Å². The van der Waals surface area contributed by atoms with Crippen LogP contribution in [0, 0.1) is 0 Å². The molecule has 28 heavy (non-hydrogen) atoms. The molecule has 0 bridgehead atoms. The first-order valence-corrected chi connectivity index (χ1v) is 11.8. The SMILES string of the molecule is CC(C)n1cnc(S(=O)(=O)NC2COCC2n2nc3c(cc2=O)CSCC3)c1. The van der Waals surface area contributed by atoms with Crippen molar-refractivity contribution in [2.45, 2.75) is 49.2 Å². The Hall–Kier alpha value is -1.69. The van der Waals surface area contributed by atoms with Gasteiger partial charge in [-0.3, -0.25) is 4.79 Å². The lowest BCUT2D eigenvalue weighted by atomic mass is 10.1. The zero-order chi connectivity index (χ0) is 19.9. The minimum Gasteiger partial charge on any atom is -0.377 e. The van der Waals surface area contributed by atoms with Gasteiger partial charge in [-0.2, -0.15) is 16.9 Å². The number of sulfonamides is 1. The standard InChI is InChI=1S/C17H23N5O4S2/c1-11(2)21-6-16(18-10-21)28(24,25)20-14-7-26-8-15(14)22-17(23)5-12-9-27-4-3-13(12)19-22/h5-6,10-11,14-15,20H,3-4,7-9H2,1-2H3. The van der Waals surface area contributed by atoms with Gasteiger partial charge in [0.15, 0.2) is 5.03 Å². The summed E-state index contributed by atoms with van der Waals surface area (Å²) in [5.41, 5.74) is 1.64. The van der Waals surface area contributed by atoms with Crippen molar-refractivity contribution in [3.63, 3.8) is 0 Å². The fourth-order valence-electron chi connectivity index (χ4n) is 3.36. The number of hydrogen-bond donors (Lipinski definition) is 1. The number of thioether (sulfide) groups is 1. The molecule has 4 rings (SSSR count). The predicted octanol–water partition coefficient (Wildman–Crippen LogP) is 0.728. The highest BCUT2D eigenvalue weighted by atomic mass is 32.2. The monoisotopic (exact) mass is 425 g/mol. The largest absolute Gasteiger partial charge is 0.377 e. The van der Waals surface area contributed by atoms with Crippen molar-refractivity contribution in [1.29, 1.82) is 0 Å². The Kier molecular flexibility index (Phi) is 5.34. The minimum absolute atomic E-state index is 0.0466. The predicted molar refractivity (Wildman–Crippen MR) is 105 cm³/mol. The van der Waals surface area contributed by atoms with Gasteiger partial charge in [0.1, 0.15) is 0 Å². The van der Waals surface area contributed by atoms with E-state index in [0.717, 1.165) is 29.2 Å². The quantitative estimate of drug-likeness (QED) is 0.752. The van der Waals surface area contributed by atoms with Crippen LogP contribution in [-0.2, 0) is 26.9 Å². The lowest BCUT2D eigenvalue weighted by Crippen LogP contribution is -2.44. The number of nitrogens with one attached hydrogen (secondary N) is 1. The molecule has 2 aromatic rings. The van der Waals surface area contributed by atoms with Crippen LogP contribution in [0.25, 0.3) is 0 Å². The molecule has 2 aliphatic rings. The van der Waals surface area contributed by atoms with E-state index in [4.69, 9.17) is 4.74 Å². The average Bonchev–Trinajstić information content (AvgIpc) is 3.31. The molecule has 1 N–H and O–H groups in total. The number of rotatable bonds is 5. The van der Waals surface area contributed by atoms with Crippen LogP contribution in [-0.4, -0.2) is 52.8 Å². The van der Waals surface area contributed by atoms with Crippen LogP contribution in [0.3, 0.4) is 0 Å². The van der Waals surface area contributed by atoms with Crippen LogP contribution in [0.15, 0.2) is 28.4 Å². The van der Waals surface area contributed by atoms with Gasteiger partial charge in [-0.25, -0.2) is 22.8 Å². The molecule has 152 valence electrons. The molecule has 1 saturated heterocycles. The molecule has 0 aliphatic carbocycles. The van der Waals surface area contributed by atoms with Crippen molar-refractivity contribution in [1.82, 2.24) is 24.1 Å². The van der Waals surface area contributed by atoms with Crippen LogP contribution in [0.2, 0.25) is 0 Å². The number of imidazole rings is 1. The number of aryl methyl sites for hydroxylation is 1. The van der Waals surface area contributed by atoms with E-state index in [0.29, 0.717) is 0 Å². The molecule has 0 radical (unpaired) electrons. The van der Waals surface area contributed by atoms with E-state index in [2.05, 4.69) is 14.8 Å². The summed E-state index contributed by atoms with van der Waals surface area (Å²) in [6, 6.07) is 0.642. The van der Waals surface area contributed by atoms with Crippen LogP contribution in [0.1, 0.15) is 37.2 Å². The number of aromatic nitrogens is 4. The Bertz CT molecular complexity index is 1030. The topological polar surface area (TPSA) is 108 Å². The van der Waals surface area contributed by atoms with Gasteiger partial charge in [-0.1, -0.05) is 0 Å². The van der Waals surface area contributed by atoms with Crippen LogP contribution >= 0.6 is 11.8 Å². The Morgan fingerprint density at radius 2 is 2.18 bits per heavy atom. The van der Waals surface area contributed by atoms with E-state index in [9.17, 15) is 13.2 Å². The summed E-state index contributed by atoms with van der Waals surface area (Å²) in [5, 5.41) is 4.48. The Morgan fingerprint density at radius 1 is 1.36 bits per heavy atom. The molecule has 0 saturated carbocycles. The third-order valence-electron chi connectivity index (χ3n) is 4.98. The average molecular weight is 426 g/mol. The van der Waals surface area contributed by atoms with Gasteiger partial charge < -0.3 is 9.30 Å². The zero-order valence-corrected chi connectivity index (χ0v) is 17.4. The van der Waals surface area contributed by atoms with Crippen LogP contribution in [0.5, 0.6) is 0 Å². The van der Waals surface area contributed by atoms with E-state index < -0.39 is 22.1 Å². The van der Waals surface area contributed by atoms with Gasteiger partial charge in [0.25, 0.3) is 15.6 Å². The second-order valence-corrected chi connectivity index (χ2v) is 10.1. The van der Waals surface area contributed by atoms with Gasteiger partial charge in [0, 0.05) is 30.5 Å². The van der Waals surface area contributed by atoms with Crippen molar-refractivity contribution >= 4 is 21.8 Å². The van der Waals surface area contributed by atoms with Gasteiger partial charge >= 0.3 is 0 Å². The smallest absolute Gasteiger partial charge is 0.267 e. The maximum absolute atomic E-state index is 12.8. The highest BCUT2D eigenvalue weighted by Crippen LogP contribution is 2.24. The van der Waals surface area contributed by atoms with Gasteiger partial charge in [0.2, 0.25) is 0 Å². The zero-order valence-electron chi connectivity index (χ0n) is 15.7. The molecule has 4 heterocycles. The van der Waals surface area contributed by atoms with Crippen molar-refractivity contribution in [2.24, 2.45) is 0 Å². The van der Waals surface area contributed by atoms with E-state index in [-0.39, 0.29) is 29.8 Å². The van der Waals surface area contributed by atoms with Crippen molar-refractivity contribution in [3.05, 3.63) is 40.2 Å². The first kappa shape index (κ1) is 19.6. The summed E-state index contributed by atoms with van der Waals surface area (Å²) < 4.78 is 36.8. The van der Waals surface area contributed by atoms with E-state index in [1.807, 2.05) is 13.8 Å². The lowest BCUT2D eigenvalue weighted by molar-refractivity contribution is 0.181. The van der Waals surface area contributed by atoms with E-state index in [1.165, 1.54) is 17.2 Å². The molecule has 11 heteroatoms. The molecule has 2 atom stereocenters. The summed E-state index contributed by atoms with van der Waals surface area (Å²) in [5.74, 6) is 1.75. The Labute approximate surface area is 167 Å². The second kappa shape index (κ2) is 7.62. The number of hydrogen-bond acceptors (Lipinski definition) is 7. The molecule has 0 spiro atoms. The Balaban J connectivity index is 1.59. The van der Waals surface area contributed by atoms with Crippen molar-refractivity contribution in [2.75, 3.05) is 19.0 Å². The first-order chi connectivity index (χ1) is 13.3. The van der Waals surface area contributed by atoms with Crippen LogP contribution in [0.4, 0.5) is 0 Å². The molecule has 0 aromatic carbocycles. The minimum atomic E-state index is -3.84. The maximum atomic E-state index is 12.8. The normalized spacial score (nSPS) is 22.5. The second-order valence-electron chi connectivity index (χ2n) is 7.29. The molecule has 0 amide bonds. The summed E-state index contributed by atoms with van der Waals surface area (Å²) in [4.78, 5) is 16.6. The lowest BCUT2D eigenvalue weighted by Gasteiger charge is -2.22. The molecule has 2 unspecified atom stereocenters. The third kappa shape index (κ3) is 3.76. The van der Waals surface area contributed by atoms with E-state index in [1.54, 1.807) is 22.4 Å². The molecule has 1 fully saturated rings. The summed E-state index contributed by atoms with van der Waals surface area (Å²) in [7, 11) is -3.84. The summed E-state index contributed by atoms with van der Waals surface area (Å²) in [6.07, 6.45) is 3.80. The van der Waals surface area contributed by atoms with Crippen LogP contribution < -0.4 is 10.3 Å². The van der Waals surface area contributed by atoms with Crippen molar-refractivity contribution < 1.29 is 13.2 Å². The van der Waals surface area contributed by atoms with Gasteiger partial charge in [-0.15, -0.1) is 0 Å². The summed E-state index contributed by atoms with van der Waals surface area (Å²) in [6.45, 7) is 4.29. The van der Waals surface area contributed by atoms with Gasteiger partial charge in [-0.05, 0) is 25.2 Å². The highest BCUT2D eigenvalue weighted by molar-refractivity contribution is 7.98. The fraction of sp³-hybridized carbons (Fsp3) is 0.588. The molecular formula is C17H23N5O4S2. The first-order valence-electron chi connectivity index (χ1n) is 9.18. The molecule has 2 aromatic heterocycles. The Morgan fingerprint density at radius 3 is 2.93 bits per heavy atom. The number of ether oxygens (including phenoxy) is 1. The highest BCUT2D eigenvalue weighted by Gasteiger charge is 2.36. The maximum Gasteiger partial charge on any atom is 0.267 e. The molecule has 9 nitrogen and oxygen atoms in total. The van der Waals surface area contributed by atoms with E-state index >= 15 is 0 Å². The van der Waals surface area contributed by atoms with Gasteiger partial charge in [0.05, 0.1) is 37.3 Å². The fourth-order valence-corrected chi connectivity index (χ4v) is 5.50. The number of fused-ring (bicyclic) bond motifs is 1. The number of nitrogens with zero attached hydrogens (tertiary/aromatic N) is 4. The summed E-state index contributed by atoms with van der Waals surface area (Å²) >= 11 is 1.78. The molecular weight excluding hydrogens is 402 g/mol. The third-order valence-corrected chi connectivity index (χ3v) is 7.37. The molecule has 2 aliphatic heterocycles.